The van der Waals surface area contributed by atoms with Gasteiger partial charge in [0.15, 0.2) is 17.3 Å². The van der Waals surface area contributed by atoms with E-state index in [0.717, 1.165) is 5.56 Å². The van der Waals surface area contributed by atoms with Crippen LogP contribution in [0.2, 0.25) is 0 Å². The van der Waals surface area contributed by atoms with Crippen molar-refractivity contribution in [3.05, 3.63) is 76.5 Å². The second-order valence-corrected chi connectivity index (χ2v) is 8.25. The van der Waals surface area contributed by atoms with Crippen LogP contribution in [0.4, 0.5) is 0 Å². The number of allylic oxidation sites excluding steroid dienone is 1. The standard InChI is InChI=1S/C28H24O8/c1-31-16-7-5-15(6-8-16)11-24-27(30)17-9-10-20-26(28(17)36-24)19(13-25(29)35-20)18-12-22(33-3)23(34-4)14-21(18)32-2/h5-12,14,19H,13H2,1-4H3/b24-11-/t19-/m1/s1. The van der Waals surface area contributed by atoms with Crippen LogP contribution in [-0.2, 0) is 4.79 Å². The number of ether oxygens (including phenoxy) is 6. The molecule has 0 unspecified atom stereocenters. The lowest BCUT2D eigenvalue weighted by Gasteiger charge is -2.28. The smallest absolute Gasteiger partial charge is 0.312 e. The summed E-state index contributed by atoms with van der Waals surface area (Å²) in [5, 5.41) is 0. The lowest BCUT2D eigenvalue weighted by Crippen LogP contribution is -2.22. The van der Waals surface area contributed by atoms with Crippen molar-refractivity contribution in [1.82, 2.24) is 0 Å². The molecule has 0 radical (unpaired) electrons. The van der Waals surface area contributed by atoms with Gasteiger partial charge in [-0.3, -0.25) is 9.59 Å². The Labute approximate surface area is 207 Å². The highest BCUT2D eigenvalue weighted by atomic mass is 16.5. The lowest BCUT2D eigenvalue weighted by atomic mass is 9.84. The zero-order valence-corrected chi connectivity index (χ0v) is 20.2. The molecule has 0 N–H and O–H groups in total. The summed E-state index contributed by atoms with van der Waals surface area (Å²) >= 11 is 0. The molecule has 1 atom stereocenters. The van der Waals surface area contributed by atoms with Gasteiger partial charge in [-0.2, -0.15) is 0 Å². The predicted octanol–water partition coefficient (Wildman–Crippen LogP) is 4.78. The van der Waals surface area contributed by atoms with Crippen LogP contribution in [0.15, 0.2) is 54.3 Å². The van der Waals surface area contributed by atoms with Gasteiger partial charge >= 0.3 is 5.97 Å². The van der Waals surface area contributed by atoms with Gasteiger partial charge in [-0.15, -0.1) is 0 Å². The molecule has 36 heavy (non-hydrogen) atoms. The fourth-order valence-corrected chi connectivity index (χ4v) is 4.55. The van der Waals surface area contributed by atoms with Gasteiger partial charge in [-0.25, -0.2) is 0 Å². The Morgan fingerprint density at radius 2 is 1.50 bits per heavy atom. The molecule has 3 aromatic carbocycles. The summed E-state index contributed by atoms with van der Waals surface area (Å²) in [5.74, 6) is 1.93. The highest BCUT2D eigenvalue weighted by Gasteiger charge is 2.39. The van der Waals surface area contributed by atoms with E-state index in [1.54, 1.807) is 49.6 Å². The number of methoxy groups -OCH3 is 4. The summed E-state index contributed by atoms with van der Waals surface area (Å²) in [4.78, 5) is 25.8. The molecular formula is C28H24O8. The molecule has 0 saturated heterocycles. The Morgan fingerprint density at radius 3 is 2.17 bits per heavy atom. The minimum Gasteiger partial charge on any atom is -0.497 e. The number of esters is 1. The number of ketones is 1. The van der Waals surface area contributed by atoms with E-state index in [1.165, 1.54) is 21.3 Å². The predicted molar refractivity (Wildman–Crippen MR) is 131 cm³/mol. The Morgan fingerprint density at radius 1 is 0.806 bits per heavy atom. The molecule has 0 spiro atoms. The summed E-state index contributed by atoms with van der Waals surface area (Å²) in [6, 6.07) is 14.0. The molecular weight excluding hydrogens is 464 g/mol. The summed E-state index contributed by atoms with van der Waals surface area (Å²) in [6.07, 6.45) is 1.71. The third-order valence-corrected chi connectivity index (χ3v) is 6.30. The number of hydrogen-bond acceptors (Lipinski definition) is 8. The van der Waals surface area contributed by atoms with E-state index in [4.69, 9.17) is 28.4 Å². The first-order valence-electron chi connectivity index (χ1n) is 11.2. The molecule has 0 fully saturated rings. The van der Waals surface area contributed by atoms with E-state index in [-0.39, 0.29) is 18.0 Å². The molecule has 184 valence electrons. The normalized spacial score (nSPS) is 17.1. The molecule has 0 aliphatic carbocycles. The van der Waals surface area contributed by atoms with Crippen molar-refractivity contribution in [2.45, 2.75) is 12.3 Å². The van der Waals surface area contributed by atoms with Crippen LogP contribution < -0.4 is 28.4 Å². The topological polar surface area (TPSA) is 89.5 Å². The van der Waals surface area contributed by atoms with Gasteiger partial charge in [0, 0.05) is 23.1 Å². The Balaban J connectivity index is 1.62. The second kappa shape index (κ2) is 9.30. The summed E-state index contributed by atoms with van der Waals surface area (Å²) in [7, 11) is 6.20. The first-order chi connectivity index (χ1) is 17.5. The largest absolute Gasteiger partial charge is 0.497 e. The number of carbonyl (C=O) groups excluding carboxylic acids is 2. The lowest BCUT2D eigenvalue weighted by molar-refractivity contribution is -0.135. The van der Waals surface area contributed by atoms with E-state index in [0.29, 0.717) is 51.2 Å². The van der Waals surface area contributed by atoms with E-state index in [1.807, 2.05) is 12.1 Å². The molecule has 0 saturated carbocycles. The summed E-state index contributed by atoms with van der Waals surface area (Å²) in [6.45, 7) is 0. The number of Topliss-reactive ketones (excluding diaryl/α,β-unsaturated/α-hetero) is 1. The highest BCUT2D eigenvalue weighted by Crippen LogP contribution is 2.51. The van der Waals surface area contributed by atoms with Crippen molar-refractivity contribution < 1.29 is 38.0 Å². The summed E-state index contributed by atoms with van der Waals surface area (Å²) < 4.78 is 33.4. The van der Waals surface area contributed by atoms with Crippen molar-refractivity contribution in [2.75, 3.05) is 28.4 Å². The average molecular weight is 488 g/mol. The molecule has 0 bridgehead atoms. The third kappa shape index (κ3) is 3.90. The molecule has 5 rings (SSSR count). The Bertz CT molecular complexity index is 1390. The first kappa shape index (κ1) is 23.3. The quantitative estimate of drug-likeness (QED) is 0.278. The second-order valence-electron chi connectivity index (χ2n) is 8.25. The van der Waals surface area contributed by atoms with Crippen molar-refractivity contribution in [2.24, 2.45) is 0 Å². The minimum absolute atomic E-state index is 0.0321. The molecule has 0 aromatic heterocycles. The van der Waals surface area contributed by atoms with E-state index < -0.39 is 11.9 Å². The number of hydrogen-bond donors (Lipinski definition) is 0. The molecule has 2 aliphatic heterocycles. The SMILES string of the molecule is COc1ccc(/C=C2\Oc3c(ccc4c3[C@@H](c3cc(OC)c(OC)cc3OC)CC(=O)O4)C2=O)cc1. The Kier molecular flexibility index (Phi) is 6.01. The third-order valence-electron chi connectivity index (χ3n) is 6.30. The van der Waals surface area contributed by atoms with Crippen LogP contribution in [0.3, 0.4) is 0 Å². The van der Waals surface area contributed by atoms with Crippen molar-refractivity contribution in [3.8, 4) is 34.5 Å². The highest BCUT2D eigenvalue weighted by molar-refractivity contribution is 6.15. The molecule has 0 amide bonds. The van der Waals surface area contributed by atoms with E-state index in [2.05, 4.69) is 0 Å². The molecule has 2 heterocycles. The summed E-state index contributed by atoms with van der Waals surface area (Å²) in [5.41, 5.74) is 2.47. The Hall–Kier alpha value is -4.46. The zero-order chi connectivity index (χ0) is 25.4. The maximum atomic E-state index is 13.2. The maximum absolute atomic E-state index is 13.2. The zero-order valence-electron chi connectivity index (χ0n) is 20.2. The fourth-order valence-electron chi connectivity index (χ4n) is 4.55. The van der Waals surface area contributed by atoms with Gasteiger partial charge in [-0.1, -0.05) is 12.1 Å². The molecule has 3 aromatic rings. The van der Waals surface area contributed by atoms with E-state index >= 15 is 0 Å². The van der Waals surface area contributed by atoms with Crippen LogP contribution in [0, 0.1) is 0 Å². The van der Waals surface area contributed by atoms with Gasteiger partial charge in [0.2, 0.25) is 5.78 Å². The van der Waals surface area contributed by atoms with Crippen LogP contribution >= 0.6 is 0 Å². The number of fused-ring (bicyclic) bond motifs is 3. The van der Waals surface area contributed by atoms with E-state index in [9.17, 15) is 9.59 Å². The van der Waals surface area contributed by atoms with Crippen molar-refractivity contribution in [3.63, 3.8) is 0 Å². The molecule has 8 nitrogen and oxygen atoms in total. The van der Waals surface area contributed by atoms with Crippen molar-refractivity contribution in [1.29, 1.82) is 0 Å². The van der Waals surface area contributed by atoms with Crippen LogP contribution in [0.1, 0.15) is 39.4 Å². The van der Waals surface area contributed by atoms with Crippen LogP contribution in [0.25, 0.3) is 6.08 Å². The number of benzene rings is 3. The maximum Gasteiger partial charge on any atom is 0.312 e. The van der Waals surface area contributed by atoms with Gasteiger partial charge in [-0.05, 0) is 42.0 Å². The first-order valence-corrected chi connectivity index (χ1v) is 11.2. The monoisotopic (exact) mass is 488 g/mol. The average Bonchev–Trinajstić information content (AvgIpc) is 3.22. The van der Waals surface area contributed by atoms with Gasteiger partial charge in [0.05, 0.1) is 40.4 Å². The van der Waals surface area contributed by atoms with Crippen LogP contribution in [0.5, 0.6) is 34.5 Å². The number of rotatable bonds is 6. The van der Waals surface area contributed by atoms with Crippen LogP contribution in [-0.4, -0.2) is 40.2 Å². The number of carbonyl (C=O) groups is 2. The van der Waals surface area contributed by atoms with Gasteiger partial charge < -0.3 is 28.4 Å². The minimum atomic E-state index is -0.501. The van der Waals surface area contributed by atoms with Gasteiger partial charge in [0.1, 0.15) is 23.0 Å². The fraction of sp³-hybridized carbons (Fsp3) is 0.214. The van der Waals surface area contributed by atoms with Crippen molar-refractivity contribution >= 4 is 17.8 Å². The molecule has 8 heteroatoms. The van der Waals surface area contributed by atoms with Gasteiger partial charge in [0.25, 0.3) is 0 Å². The molecule has 2 aliphatic rings.